The van der Waals surface area contributed by atoms with Crippen molar-refractivity contribution in [2.75, 3.05) is 13.2 Å². The number of carbonyl (C=O) groups is 8. The molecular formula is C62H92O28S4. The summed E-state index contributed by atoms with van der Waals surface area (Å²) in [6, 6.07) is 15.5. The lowest BCUT2D eigenvalue weighted by Crippen LogP contribution is -2.37. The first-order chi connectivity index (χ1) is 42.1. The van der Waals surface area contributed by atoms with Crippen molar-refractivity contribution in [2.45, 2.75) is 214 Å². The smallest absolute Gasteiger partial charge is 0.329 e. The summed E-state index contributed by atoms with van der Waals surface area (Å²) in [6.07, 6.45) is 10.5. The topological polar surface area (TPSA) is 439 Å². The van der Waals surface area contributed by atoms with Crippen LogP contribution in [0.5, 0.6) is 11.5 Å². The minimum absolute atomic E-state index is 0. The van der Waals surface area contributed by atoms with Crippen molar-refractivity contribution in [1.82, 2.24) is 0 Å². The third-order valence-electron chi connectivity index (χ3n) is 13.8. The lowest BCUT2D eigenvalue weighted by molar-refractivity contribution is -0.157. The molecule has 0 aliphatic heterocycles. The fourth-order valence-corrected chi connectivity index (χ4v) is 11.7. The molecular weight excluding hydrogens is 1320 g/mol. The van der Waals surface area contributed by atoms with E-state index in [0.717, 1.165) is 89.9 Å². The van der Waals surface area contributed by atoms with Gasteiger partial charge in [0.1, 0.15) is 76.4 Å². The molecule has 0 amide bonds. The first kappa shape index (κ1) is 89.4. The third-order valence-corrected chi connectivity index (χ3v) is 18.0. The Kier molecular flexibility index (Phi) is 42.0. The van der Waals surface area contributed by atoms with Crippen molar-refractivity contribution in [3.8, 4) is 11.5 Å². The van der Waals surface area contributed by atoms with Gasteiger partial charge in [-0.3, -0.25) is 38.4 Å². The number of carbonyl (C=O) groups excluding carboxylic acids is 8. The van der Waals surface area contributed by atoms with E-state index < -0.39 is 135 Å². The zero-order valence-electron chi connectivity index (χ0n) is 54.6. The van der Waals surface area contributed by atoms with Gasteiger partial charge in [0.25, 0.3) is 0 Å². The Morgan fingerprint density at radius 3 is 0.947 bits per heavy atom. The van der Waals surface area contributed by atoms with Crippen molar-refractivity contribution in [3.63, 3.8) is 0 Å². The van der Waals surface area contributed by atoms with E-state index in [4.69, 9.17) is 37.9 Å². The highest BCUT2D eigenvalue weighted by Gasteiger charge is 2.37. The number of ether oxygens (including phenoxy) is 8. The second kappa shape index (κ2) is 44.1. The average Bonchev–Trinajstić information content (AvgIpc) is 1.03. The van der Waals surface area contributed by atoms with Crippen LogP contribution in [0.25, 0.3) is 0 Å². The molecule has 0 saturated heterocycles. The molecule has 94 heavy (non-hydrogen) atoms. The second-order valence-corrected chi connectivity index (χ2v) is 28.8. The number of hydrogen-bond donors (Lipinski definition) is 0. The molecule has 4 fully saturated rings. The lowest BCUT2D eigenvalue weighted by atomic mass is 9.98. The molecule has 2 aromatic carbocycles. The lowest BCUT2D eigenvalue weighted by Gasteiger charge is -2.26. The van der Waals surface area contributed by atoms with Gasteiger partial charge in [0, 0.05) is 29.7 Å². The van der Waals surface area contributed by atoms with E-state index in [1.165, 1.54) is 24.3 Å². The quantitative estimate of drug-likeness (QED) is 0.0293. The highest BCUT2D eigenvalue weighted by atomic mass is 32.2. The summed E-state index contributed by atoms with van der Waals surface area (Å²) in [7, 11) is -20.0. The molecule has 0 aromatic heterocycles. The Bertz CT molecular complexity index is 3080. The van der Waals surface area contributed by atoms with Crippen molar-refractivity contribution in [3.05, 3.63) is 90.4 Å². The molecule has 2 aromatic rings. The molecule has 4 atom stereocenters. The van der Waals surface area contributed by atoms with Crippen molar-refractivity contribution in [2.24, 2.45) is 11.8 Å². The molecule has 4 unspecified atom stereocenters. The summed E-state index contributed by atoms with van der Waals surface area (Å²) in [5.74, 6) is -8.13. The maximum atomic E-state index is 12.1. The van der Waals surface area contributed by atoms with Gasteiger partial charge in [0.05, 0.1) is 38.9 Å². The summed E-state index contributed by atoms with van der Waals surface area (Å²) in [4.78, 5) is 94.4. The summed E-state index contributed by atoms with van der Waals surface area (Å²) < 4.78 is 175. The Morgan fingerprint density at radius 2 is 0.617 bits per heavy atom. The number of hydrogen-bond acceptors (Lipinski definition) is 28. The van der Waals surface area contributed by atoms with Gasteiger partial charge in [-0.1, -0.05) is 76.9 Å². The Hall–Kier alpha value is -6.68. The zero-order chi connectivity index (χ0) is 67.2. The fraction of sp³-hybridized carbons (Fsp3) is 0.613. The summed E-state index contributed by atoms with van der Waals surface area (Å²) in [5, 5.41) is -8.27. The monoisotopic (exact) mass is 1410 g/mol. The summed E-state index contributed by atoms with van der Waals surface area (Å²) >= 11 is 0. The normalized spacial score (nSPS) is 16.6. The molecule has 0 bridgehead atoms. The molecule has 0 radical (unpaired) electrons. The molecule has 28 nitrogen and oxygen atoms in total. The van der Waals surface area contributed by atoms with Crippen LogP contribution < -0.4 is 9.47 Å². The minimum atomic E-state index is -5.10. The molecule has 532 valence electrons. The van der Waals surface area contributed by atoms with E-state index in [0.29, 0.717) is 25.7 Å². The minimum Gasteiger partial charge on any atom is -0.747 e. The van der Waals surface area contributed by atoms with Gasteiger partial charge in [-0.25, -0.2) is 33.7 Å². The van der Waals surface area contributed by atoms with Crippen LogP contribution in [-0.4, -0.2) is 158 Å². The van der Waals surface area contributed by atoms with Crippen LogP contribution in [0.3, 0.4) is 0 Å². The second-order valence-electron chi connectivity index (χ2n) is 22.6. The Morgan fingerprint density at radius 1 is 0.351 bits per heavy atom. The standard InChI is InChI=1S/C16H26O7S.C16H14O7S.C14H22O7S.C12H22O7S.4CH3/c2*17-15(22-12-7-3-1-4-8-12)11-14(24(19,20)21)16(18)23-13-9-5-2-6-10-13;15-13(20-10-5-1-2-6-10)9-12(22(17,18)19)14(16)21-11-7-3-4-8-11;1-8(2)6-18-11(13)5-10(20(15,16)17)12(14)19-7-9(3)4;;;;/h12-14H,1-11H2,(H,19,20,21);1-10,14H,11H2,(H,19,20,21);10-12H,1-9H2,(H,17,18,19);8-10H,5-7H2,1-4H3,(H,15,16,17);4*1H3/q;;;;4*+1/p-4. The van der Waals surface area contributed by atoms with Gasteiger partial charge in [0.15, 0.2) is 21.0 Å². The van der Waals surface area contributed by atoms with E-state index in [1.807, 2.05) is 0 Å². The van der Waals surface area contributed by atoms with E-state index in [9.17, 15) is 90.2 Å². The number of rotatable bonds is 26. The SMILES string of the molecule is CC(C)COC(=O)CC(C(=O)OCC(C)C)S(=O)(=O)[O-].O=C(CC(C(=O)OC1CCCC1)S(=O)(=O)[O-])OC1CCCC1.O=C(CC(C(=O)OC1CCCCC1)S(=O)(=O)[O-])OC1CCCCC1.O=C(CC(C(=O)Oc1ccccc1)S(=O)(=O)[O-])Oc1ccccc1.[CH3+].[CH3+].[CH3+].[CH3+]. The largest absolute Gasteiger partial charge is 0.747 e. The van der Waals surface area contributed by atoms with Gasteiger partial charge in [-0.05, 0) is 139 Å². The Labute approximate surface area is 554 Å². The van der Waals surface area contributed by atoms with E-state index in [1.54, 1.807) is 64.1 Å². The molecule has 0 spiro atoms. The van der Waals surface area contributed by atoms with Crippen LogP contribution in [0, 0.1) is 41.5 Å². The van der Waals surface area contributed by atoms with Gasteiger partial charge in [0.2, 0.25) is 0 Å². The zero-order valence-corrected chi connectivity index (χ0v) is 57.8. The van der Waals surface area contributed by atoms with Crippen molar-refractivity contribution < 1.29 is 128 Å². The summed E-state index contributed by atoms with van der Waals surface area (Å²) in [6.45, 7) is 7.17. The maximum absolute atomic E-state index is 12.1. The van der Waals surface area contributed by atoms with Gasteiger partial charge >= 0.3 is 47.8 Å². The average molecular weight is 1410 g/mol. The molecule has 4 aliphatic rings. The number of benzene rings is 2. The van der Waals surface area contributed by atoms with Crippen LogP contribution in [-0.2, 0) is 107 Å². The molecule has 0 heterocycles. The number of para-hydroxylation sites is 2. The molecule has 32 heteroatoms. The van der Waals surface area contributed by atoms with Crippen LogP contribution in [0.2, 0.25) is 0 Å². The van der Waals surface area contributed by atoms with Crippen molar-refractivity contribution >= 4 is 88.2 Å². The molecule has 4 saturated carbocycles. The highest BCUT2D eigenvalue weighted by Crippen LogP contribution is 2.27. The van der Waals surface area contributed by atoms with Crippen LogP contribution in [0.15, 0.2) is 60.7 Å². The Balaban J connectivity index is 0. The summed E-state index contributed by atoms with van der Waals surface area (Å²) in [5.41, 5.74) is 0. The molecule has 0 N–H and O–H groups in total. The molecule has 4 aliphatic carbocycles. The van der Waals surface area contributed by atoms with Crippen molar-refractivity contribution in [1.29, 1.82) is 0 Å². The highest BCUT2D eigenvalue weighted by molar-refractivity contribution is 7.88. The third kappa shape index (κ3) is 36.3. The van der Waals surface area contributed by atoms with E-state index in [-0.39, 0.29) is 90.7 Å². The molecule has 6 rings (SSSR count). The van der Waals surface area contributed by atoms with Crippen LogP contribution in [0.1, 0.15) is 169 Å². The predicted octanol–water partition coefficient (Wildman–Crippen LogP) is 7.30. The van der Waals surface area contributed by atoms with E-state index in [2.05, 4.69) is 0 Å². The predicted molar refractivity (Wildman–Crippen MR) is 336 cm³/mol. The van der Waals surface area contributed by atoms with Crippen LogP contribution in [0.4, 0.5) is 0 Å². The van der Waals surface area contributed by atoms with E-state index >= 15 is 0 Å². The fourth-order valence-electron chi connectivity index (χ4n) is 9.14. The van der Waals surface area contributed by atoms with Crippen LogP contribution >= 0.6 is 0 Å². The van der Waals surface area contributed by atoms with Gasteiger partial charge in [-0.15, -0.1) is 0 Å². The first-order valence-electron chi connectivity index (χ1n) is 29.6. The maximum Gasteiger partial charge on any atom is 0.329 e. The number of esters is 8. The first-order valence-corrected chi connectivity index (χ1v) is 35.4. The van der Waals surface area contributed by atoms with Gasteiger partial charge in [-0.2, -0.15) is 0 Å². The van der Waals surface area contributed by atoms with Gasteiger partial charge < -0.3 is 56.1 Å².